The topological polar surface area (TPSA) is 71.8 Å². The van der Waals surface area contributed by atoms with Crippen molar-refractivity contribution in [1.29, 1.82) is 0 Å². The van der Waals surface area contributed by atoms with Crippen molar-refractivity contribution in [3.05, 3.63) is 59.9 Å². The first kappa shape index (κ1) is 20.0. The average Bonchev–Trinajstić information content (AvgIpc) is 2.93. The van der Waals surface area contributed by atoms with E-state index in [4.69, 9.17) is 9.15 Å². The van der Waals surface area contributed by atoms with Gasteiger partial charge in [0.1, 0.15) is 17.0 Å². The highest BCUT2D eigenvalue weighted by atomic mass is 16.5. The van der Waals surface area contributed by atoms with E-state index in [0.717, 1.165) is 31.1 Å². The van der Waals surface area contributed by atoms with E-state index in [9.17, 15) is 9.59 Å². The van der Waals surface area contributed by atoms with Crippen molar-refractivity contribution < 1.29 is 18.7 Å². The number of nitrogens with zero attached hydrogens (tertiary/aromatic N) is 1. The summed E-state index contributed by atoms with van der Waals surface area (Å²) in [7, 11) is 0. The minimum absolute atomic E-state index is 0.171. The number of fused-ring (bicyclic) bond motifs is 1. The molecular weight excluding hydrogens is 380 g/mol. The minimum atomic E-state index is -0.297. The highest BCUT2D eigenvalue weighted by molar-refractivity contribution is 6.14. The summed E-state index contributed by atoms with van der Waals surface area (Å²) in [5.41, 5.74) is 1.49. The van der Waals surface area contributed by atoms with Gasteiger partial charge in [-0.15, -0.1) is 0 Å². The number of anilines is 1. The summed E-state index contributed by atoms with van der Waals surface area (Å²) >= 11 is 0. The van der Waals surface area contributed by atoms with E-state index in [0.29, 0.717) is 42.3 Å². The Bertz CT molecular complexity index is 1030. The Kier molecular flexibility index (Phi) is 6.02. The molecule has 0 saturated carbocycles. The van der Waals surface area contributed by atoms with Gasteiger partial charge >= 0.3 is 0 Å². The minimum Gasteiger partial charge on any atom is -0.494 e. The van der Waals surface area contributed by atoms with Crippen LogP contribution in [0.5, 0.6) is 5.75 Å². The third-order valence-corrected chi connectivity index (χ3v) is 5.35. The number of benzene rings is 2. The first-order valence-corrected chi connectivity index (χ1v) is 10.5. The van der Waals surface area contributed by atoms with Crippen molar-refractivity contribution >= 4 is 28.5 Å². The molecule has 2 heterocycles. The molecule has 156 valence electrons. The normalized spacial score (nSPS) is 14.4. The van der Waals surface area contributed by atoms with Crippen molar-refractivity contribution in [2.24, 2.45) is 0 Å². The Hall–Kier alpha value is -3.28. The van der Waals surface area contributed by atoms with Crippen molar-refractivity contribution in [1.82, 2.24) is 4.90 Å². The fraction of sp³-hybridized carbons (Fsp3) is 0.333. The molecule has 0 bridgehead atoms. The molecule has 2 amide bonds. The van der Waals surface area contributed by atoms with Crippen LogP contribution in [0.25, 0.3) is 11.0 Å². The lowest BCUT2D eigenvalue weighted by molar-refractivity contribution is 0.0733. The Morgan fingerprint density at radius 1 is 1.00 bits per heavy atom. The molecule has 0 aliphatic carbocycles. The molecule has 4 rings (SSSR count). The van der Waals surface area contributed by atoms with Crippen LogP contribution < -0.4 is 10.1 Å². The first-order valence-electron chi connectivity index (χ1n) is 10.5. The molecule has 0 atom stereocenters. The molecule has 1 N–H and O–H groups in total. The van der Waals surface area contributed by atoms with Crippen LogP contribution in [0, 0.1) is 0 Å². The smallest absolute Gasteiger partial charge is 0.291 e. The molecule has 30 heavy (non-hydrogen) atoms. The number of carbonyl (C=O) groups is 2. The maximum absolute atomic E-state index is 13.2. The van der Waals surface area contributed by atoms with E-state index in [-0.39, 0.29) is 17.6 Å². The van der Waals surface area contributed by atoms with Crippen LogP contribution in [0.4, 0.5) is 5.69 Å². The van der Waals surface area contributed by atoms with E-state index in [1.165, 1.54) is 0 Å². The Balaban J connectivity index is 1.64. The lowest BCUT2D eigenvalue weighted by Gasteiger charge is -2.19. The van der Waals surface area contributed by atoms with E-state index >= 15 is 0 Å². The zero-order chi connectivity index (χ0) is 20.9. The van der Waals surface area contributed by atoms with Gasteiger partial charge in [0.2, 0.25) is 5.76 Å². The summed E-state index contributed by atoms with van der Waals surface area (Å²) in [5, 5.41) is 3.63. The Morgan fingerprint density at radius 3 is 2.40 bits per heavy atom. The van der Waals surface area contributed by atoms with E-state index in [1.54, 1.807) is 30.3 Å². The molecule has 6 heteroatoms. The van der Waals surface area contributed by atoms with Gasteiger partial charge < -0.3 is 19.4 Å². The fourth-order valence-corrected chi connectivity index (χ4v) is 3.79. The number of amides is 2. The summed E-state index contributed by atoms with van der Waals surface area (Å²) < 4.78 is 11.4. The van der Waals surface area contributed by atoms with Crippen LogP contribution in [0.15, 0.2) is 52.9 Å². The number of furan rings is 1. The molecule has 1 aliphatic heterocycles. The second-order valence-corrected chi connectivity index (χ2v) is 7.42. The standard InChI is InChI=1S/C24H26N2O4/c1-2-29-18-13-11-17(12-14-18)23(27)25-21-19-9-5-6-10-20(19)30-22(21)24(28)26-15-7-3-4-8-16-26/h5-6,9-14H,2-4,7-8,15-16H2,1H3,(H,25,27). The number of ether oxygens (including phenoxy) is 1. The number of carbonyl (C=O) groups excluding carboxylic acids is 2. The summed E-state index contributed by atoms with van der Waals surface area (Å²) in [6.07, 6.45) is 4.23. The molecule has 0 spiro atoms. The number of likely N-dealkylation sites (tertiary alicyclic amines) is 1. The van der Waals surface area contributed by atoms with Crippen molar-refractivity contribution in [2.45, 2.75) is 32.6 Å². The summed E-state index contributed by atoms with van der Waals surface area (Å²) in [4.78, 5) is 28.0. The number of hydrogen-bond acceptors (Lipinski definition) is 4. The van der Waals surface area contributed by atoms with Crippen LogP contribution in [-0.2, 0) is 0 Å². The zero-order valence-electron chi connectivity index (χ0n) is 17.1. The van der Waals surface area contributed by atoms with Gasteiger partial charge in [-0.3, -0.25) is 9.59 Å². The molecule has 1 aliphatic rings. The number of para-hydroxylation sites is 1. The van der Waals surface area contributed by atoms with E-state index < -0.39 is 0 Å². The average molecular weight is 406 g/mol. The molecule has 1 fully saturated rings. The van der Waals surface area contributed by atoms with Gasteiger partial charge in [0, 0.05) is 24.0 Å². The predicted molar refractivity (Wildman–Crippen MR) is 116 cm³/mol. The Labute approximate surface area is 175 Å². The molecule has 1 saturated heterocycles. The molecular formula is C24H26N2O4. The lowest BCUT2D eigenvalue weighted by atomic mass is 10.1. The van der Waals surface area contributed by atoms with Gasteiger partial charge in [0.25, 0.3) is 11.8 Å². The van der Waals surface area contributed by atoms with Crippen molar-refractivity contribution in [2.75, 3.05) is 25.0 Å². The van der Waals surface area contributed by atoms with Crippen LogP contribution >= 0.6 is 0 Å². The van der Waals surface area contributed by atoms with Crippen LogP contribution in [0.1, 0.15) is 53.5 Å². The molecule has 2 aromatic carbocycles. The number of nitrogens with one attached hydrogen (secondary N) is 1. The fourth-order valence-electron chi connectivity index (χ4n) is 3.79. The highest BCUT2D eigenvalue weighted by Crippen LogP contribution is 2.32. The van der Waals surface area contributed by atoms with Crippen molar-refractivity contribution in [3.63, 3.8) is 0 Å². The van der Waals surface area contributed by atoms with Crippen LogP contribution in [-0.4, -0.2) is 36.4 Å². The van der Waals surface area contributed by atoms with Crippen LogP contribution in [0.3, 0.4) is 0 Å². The quantitative estimate of drug-likeness (QED) is 0.640. The largest absolute Gasteiger partial charge is 0.494 e. The molecule has 0 unspecified atom stereocenters. The third kappa shape index (κ3) is 4.17. The van der Waals surface area contributed by atoms with E-state index in [1.807, 2.05) is 30.0 Å². The van der Waals surface area contributed by atoms with Crippen molar-refractivity contribution in [3.8, 4) is 5.75 Å². The van der Waals surface area contributed by atoms with Crippen LogP contribution in [0.2, 0.25) is 0 Å². The van der Waals surface area contributed by atoms with Gasteiger partial charge in [-0.2, -0.15) is 0 Å². The lowest BCUT2D eigenvalue weighted by Crippen LogP contribution is -2.32. The molecule has 0 radical (unpaired) electrons. The third-order valence-electron chi connectivity index (χ3n) is 5.35. The number of hydrogen-bond donors (Lipinski definition) is 1. The van der Waals surface area contributed by atoms with E-state index in [2.05, 4.69) is 5.32 Å². The predicted octanol–water partition coefficient (Wildman–Crippen LogP) is 5.10. The molecule has 1 aromatic heterocycles. The monoisotopic (exact) mass is 406 g/mol. The maximum Gasteiger partial charge on any atom is 0.291 e. The molecule has 3 aromatic rings. The summed E-state index contributed by atoms with van der Waals surface area (Å²) in [6.45, 7) is 3.90. The number of rotatable bonds is 5. The van der Waals surface area contributed by atoms with Gasteiger partial charge in [-0.1, -0.05) is 25.0 Å². The second kappa shape index (κ2) is 9.03. The molecule has 6 nitrogen and oxygen atoms in total. The maximum atomic E-state index is 13.2. The van der Waals surface area contributed by atoms with Gasteiger partial charge in [0.15, 0.2) is 0 Å². The second-order valence-electron chi connectivity index (χ2n) is 7.42. The highest BCUT2D eigenvalue weighted by Gasteiger charge is 2.27. The SMILES string of the molecule is CCOc1ccc(C(=O)Nc2c(C(=O)N3CCCCCC3)oc3ccccc23)cc1. The van der Waals surface area contributed by atoms with Gasteiger partial charge in [0.05, 0.1) is 6.61 Å². The van der Waals surface area contributed by atoms with Gasteiger partial charge in [-0.05, 0) is 56.2 Å². The summed E-state index contributed by atoms with van der Waals surface area (Å²) in [6, 6.07) is 14.3. The van der Waals surface area contributed by atoms with Gasteiger partial charge in [-0.25, -0.2) is 0 Å². The first-order chi connectivity index (χ1) is 14.7. The summed E-state index contributed by atoms with van der Waals surface area (Å²) in [5.74, 6) is 0.432. The Morgan fingerprint density at radius 2 is 1.70 bits per heavy atom. The zero-order valence-corrected chi connectivity index (χ0v) is 17.1.